The number of imidazole rings is 1. The third-order valence-electron chi connectivity index (χ3n) is 4.43. The minimum atomic E-state index is -4.42. The predicted octanol–water partition coefficient (Wildman–Crippen LogP) is 4.51. The number of urea groups is 1. The highest BCUT2D eigenvalue weighted by atomic mass is 19.4. The zero-order chi connectivity index (χ0) is 20.9. The Bertz CT molecular complexity index is 955. The highest BCUT2D eigenvalue weighted by Gasteiger charge is 2.30. The summed E-state index contributed by atoms with van der Waals surface area (Å²) in [5.41, 5.74) is 1.64. The highest BCUT2D eigenvalue weighted by molar-refractivity contribution is 5.74. The van der Waals surface area contributed by atoms with Crippen LogP contribution in [0.25, 0.3) is 0 Å². The van der Waals surface area contributed by atoms with Crippen LogP contribution in [0.2, 0.25) is 0 Å². The van der Waals surface area contributed by atoms with E-state index < -0.39 is 23.8 Å². The van der Waals surface area contributed by atoms with Crippen molar-refractivity contribution in [3.8, 4) is 0 Å². The topological polar surface area (TPSA) is 59.0 Å². The minimum absolute atomic E-state index is 0.304. The van der Waals surface area contributed by atoms with E-state index in [4.69, 9.17) is 0 Å². The van der Waals surface area contributed by atoms with E-state index in [1.165, 1.54) is 6.07 Å². The number of rotatable bonds is 6. The van der Waals surface area contributed by atoms with Gasteiger partial charge in [0, 0.05) is 25.5 Å². The molecule has 2 N–H and O–H groups in total. The van der Waals surface area contributed by atoms with E-state index in [9.17, 15) is 18.0 Å². The van der Waals surface area contributed by atoms with Crippen molar-refractivity contribution in [1.29, 1.82) is 0 Å². The predicted molar refractivity (Wildman–Crippen MR) is 103 cm³/mol. The molecule has 0 aliphatic carbocycles. The summed E-state index contributed by atoms with van der Waals surface area (Å²) in [5, 5.41) is 5.41. The van der Waals surface area contributed by atoms with Crippen molar-refractivity contribution in [3.63, 3.8) is 0 Å². The van der Waals surface area contributed by atoms with Crippen LogP contribution in [0.1, 0.15) is 35.2 Å². The lowest BCUT2D eigenvalue weighted by Gasteiger charge is -2.17. The highest BCUT2D eigenvalue weighted by Crippen LogP contribution is 2.30. The molecule has 2 amide bonds. The maximum atomic E-state index is 12.8. The van der Waals surface area contributed by atoms with Gasteiger partial charge in [-0.2, -0.15) is 13.2 Å². The second kappa shape index (κ2) is 8.81. The van der Waals surface area contributed by atoms with Gasteiger partial charge < -0.3 is 15.2 Å². The Morgan fingerprint density at radius 3 is 2.62 bits per heavy atom. The standard InChI is InChI=1S/C21H21F3N4O/c1-15(18-6-3-7-19(11-18)21(22,23)24)27-20(29)26-12-16-4-2-5-17(10-16)13-28-9-8-25-14-28/h2-11,14-15H,12-13H2,1H3,(H2,26,27,29). The molecule has 0 aliphatic heterocycles. The number of hydrogen-bond acceptors (Lipinski definition) is 2. The molecule has 0 fully saturated rings. The molecule has 0 radical (unpaired) electrons. The fourth-order valence-electron chi connectivity index (χ4n) is 2.93. The van der Waals surface area contributed by atoms with Crippen molar-refractivity contribution in [2.24, 2.45) is 0 Å². The largest absolute Gasteiger partial charge is 0.416 e. The first-order valence-corrected chi connectivity index (χ1v) is 9.06. The zero-order valence-corrected chi connectivity index (χ0v) is 15.8. The van der Waals surface area contributed by atoms with Crippen LogP contribution in [0, 0.1) is 0 Å². The van der Waals surface area contributed by atoms with Crippen molar-refractivity contribution < 1.29 is 18.0 Å². The maximum absolute atomic E-state index is 12.8. The molecule has 1 atom stereocenters. The van der Waals surface area contributed by atoms with Gasteiger partial charge in [0.05, 0.1) is 17.9 Å². The smallest absolute Gasteiger partial charge is 0.334 e. The zero-order valence-electron chi connectivity index (χ0n) is 15.8. The quantitative estimate of drug-likeness (QED) is 0.637. The average Bonchev–Trinajstić information content (AvgIpc) is 3.19. The van der Waals surface area contributed by atoms with Gasteiger partial charge in [-0.3, -0.25) is 0 Å². The molecule has 0 aliphatic rings. The Hall–Kier alpha value is -3.29. The molecular formula is C21H21F3N4O. The number of aromatic nitrogens is 2. The number of halogens is 3. The van der Waals surface area contributed by atoms with Crippen LogP contribution in [0.15, 0.2) is 67.3 Å². The van der Waals surface area contributed by atoms with Gasteiger partial charge in [-0.15, -0.1) is 0 Å². The van der Waals surface area contributed by atoms with E-state index in [0.717, 1.165) is 23.3 Å². The van der Waals surface area contributed by atoms with Crippen LogP contribution in [-0.4, -0.2) is 15.6 Å². The molecule has 1 unspecified atom stereocenters. The van der Waals surface area contributed by atoms with Crippen LogP contribution in [0.5, 0.6) is 0 Å². The van der Waals surface area contributed by atoms with Crippen LogP contribution in [0.3, 0.4) is 0 Å². The summed E-state index contributed by atoms with van der Waals surface area (Å²) in [5.74, 6) is 0. The van der Waals surface area contributed by atoms with Crippen molar-refractivity contribution >= 4 is 6.03 Å². The maximum Gasteiger partial charge on any atom is 0.416 e. The van der Waals surface area contributed by atoms with Gasteiger partial charge in [0.25, 0.3) is 0 Å². The SMILES string of the molecule is CC(NC(=O)NCc1cccc(Cn2ccnc2)c1)c1cccc(C(F)(F)F)c1. The normalized spacial score (nSPS) is 12.4. The molecule has 8 heteroatoms. The second-order valence-corrected chi connectivity index (χ2v) is 6.73. The molecule has 0 saturated carbocycles. The van der Waals surface area contributed by atoms with Crippen molar-refractivity contribution in [1.82, 2.24) is 20.2 Å². The Morgan fingerprint density at radius 1 is 1.14 bits per heavy atom. The molecule has 0 spiro atoms. The summed E-state index contributed by atoms with van der Waals surface area (Å²) in [6.07, 6.45) is 0.891. The van der Waals surface area contributed by atoms with Crippen LogP contribution in [0.4, 0.5) is 18.0 Å². The average molecular weight is 402 g/mol. The first kappa shape index (κ1) is 20.4. The summed E-state index contributed by atoms with van der Waals surface area (Å²) in [6.45, 7) is 2.62. The number of nitrogens with zero attached hydrogens (tertiary/aromatic N) is 2. The molecule has 3 rings (SSSR count). The van der Waals surface area contributed by atoms with E-state index in [1.54, 1.807) is 25.5 Å². The van der Waals surface area contributed by atoms with Gasteiger partial charge in [0.15, 0.2) is 0 Å². The summed E-state index contributed by atoms with van der Waals surface area (Å²) < 4.78 is 40.5. The lowest BCUT2D eigenvalue weighted by atomic mass is 10.1. The molecule has 29 heavy (non-hydrogen) atoms. The third-order valence-corrected chi connectivity index (χ3v) is 4.43. The van der Waals surface area contributed by atoms with Gasteiger partial charge in [0.2, 0.25) is 0 Å². The first-order valence-electron chi connectivity index (χ1n) is 9.06. The molecule has 0 saturated heterocycles. The van der Waals surface area contributed by atoms with E-state index in [1.807, 2.05) is 35.0 Å². The lowest BCUT2D eigenvalue weighted by Crippen LogP contribution is -2.36. The first-order chi connectivity index (χ1) is 13.8. The van der Waals surface area contributed by atoms with Gasteiger partial charge in [-0.05, 0) is 35.7 Å². The lowest BCUT2D eigenvalue weighted by molar-refractivity contribution is -0.137. The number of hydrogen-bond donors (Lipinski definition) is 2. The summed E-state index contributed by atoms with van der Waals surface area (Å²) in [6, 6.07) is 11.7. The van der Waals surface area contributed by atoms with E-state index >= 15 is 0 Å². The van der Waals surface area contributed by atoms with Crippen LogP contribution < -0.4 is 10.6 Å². The molecule has 1 heterocycles. The fourth-order valence-corrected chi connectivity index (χ4v) is 2.93. The Kier molecular flexibility index (Phi) is 6.21. The molecular weight excluding hydrogens is 381 g/mol. The molecule has 5 nitrogen and oxygen atoms in total. The number of carbonyl (C=O) groups excluding carboxylic acids is 1. The number of alkyl halides is 3. The summed E-state index contributed by atoms with van der Waals surface area (Å²) >= 11 is 0. The Labute approximate surface area is 166 Å². The van der Waals surface area contributed by atoms with Crippen molar-refractivity contribution in [2.45, 2.75) is 32.2 Å². The van der Waals surface area contributed by atoms with Crippen molar-refractivity contribution in [2.75, 3.05) is 0 Å². The van der Waals surface area contributed by atoms with E-state index in [2.05, 4.69) is 15.6 Å². The molecule has 2 aromatic carbocycles. The van der Waals surface area contributed by atoms with Gasteiger partial charge in [-0.25, -0.2) is 9.78 Å². The Balaban J connectivity index is 1.55. The molecule has 3 aromatic rings. The van der Waals surface area contributed by atoms with Crippen LogP contribution >= 0.6 is 0 Å². The fraction of sp³-hybridized carbons (Fsp3) is 0.238. The molecule has 152 valence electrons. The number of nitrogens with one attached hydrogen (secondary N) is 2. The summed E-state index contributed by atoms with van der Waals surface area (Å²) in [4.78, 5) is 16.2. The van der Waals surface area contributed by atoms with Crippen LogP contribution in [-0.2, 0) is 19.3 Å². The molecule has 1 aromatic heterocycles. The number of amides is 2. The third kappa shape index (κ3) is 5.84. The Morgan fingerprint density at radius 2 is 1.90 bits per heavy atom. The van der Waals surface area contributed by atoms with Crippen molar-refractivity contribution in [3.05, 3.63) is 89.5 Å². The van der Waals surface area contributed by atoms with Gasteiger partial charge >= 0.3 is 12.2 Å². The number of benzene rings is 2. The monoisotopic (exact) mass is 402 g/mol. The second-order valence-electron chi connectivity index (χ2n) is 6.73. The molecule has 0 bridgehead atoms. The van der Waals surface area contributed by atoms with E-state index in [-0.39, 0.29) is 0 Å². The van der Waals surface area contributed by atoms with E-state index in [0.29, 0.717) is 18.7 Å². The minimum Gasteiger partial charge on any atom is -0.334 e. The summed E-state index contributed by atoms with van der Waals surface area (Å²) in [7, 11) is 0. The van der Waals surface area contributed by atoms with Gasteiger partial charge in [0.1, 0.15) is 0 Å². The number of carbonyl (C=O) groups is 1. The van der Waals surface area contributed by atoms with Gasteiger partial charge in [-0.1, -0.05) is 36.4 Å².